The Morgan fingerprint density at radius 1 is 1.00 bits per heavy atom. The number of aliphatic hydroxyl groups excluding tert-OH is 2. The molecule has 27 heavy (non-hydrogen) atoms. The van der Waals surface area contributed by atoms with E-state index in [4.69, 9.17) is 10.5 Å². The van der Waals surface area contributed by atoms with Gasteiger partial charge in [-0.1, -0.05) is 43.0 Å². The predicted octanol–water partition coefficient (Wildman–Crippen LogP) is 3.62. The minimum absolute atomic E-state index is 0.0263. The van der Waals surface area contributed by atoms with Gasteiger partial charge >= 0.3 is 0 Å². The molecule has 138 valence electrons. The monoisotopic (exact) mass is 363 g/mol. The van der Waals surface area contributed by atoms with Crippen molar-refractivity contribution in [1.29, 1.82) is 0 Å². The Labute approximate surface area is 157 Å². The summed E-state index contributed by atoms with van der Waals surface area (Å²) in [5, 5.41) is 19.3. The number of nitrogens with two attached hydrogens (primary N) is 1. The Morgan fingerprint density at radius 3 is 2.15 bits per heavy atom. The summed E-state index contributed by atoms with van der Waals surface area (Å²) in [6, 6.07) is 15.2. The standard InChI is InChI=1S/C22H21NO4/c1-14-12-19(13-24)27-20(21(14)25)11-4-15-2-5-16(6-3-15)17-7-9-18(10-8-17)22(23)26/h2-3,5-10,12,24-25H,1,4,11,13H2,(H2,23,26). The van der Waals surface area contributed by atoms with Crippen LogP contribution in [0.2, 0.25) is 0 Å². The van der Waals surface area contributed by atoms with Crippen LogP contribution in [-0.2, 0) is 11.2 Å². The summed E-state index contributed by atoms with van der Waals surface area (Å²) in [6.07, 6.45) is 2.69. The van der Waals surface area contributed by atoms with Crippen LogP contribution in [0, 0.1) is 0 Å². The summed E-state index contributed by atoms with van der Waals surface area (Å²) >= 11 is 0. The van der Waals surface area contributed by atoms with Gasteiger partial charge in [0.25, 0.3) is 0 Å². The van der Waals surface area contributed by atoms with Crippen LogP contribution in [0.1, 0.15) is 22.3 Å². The van der Waals surface area contributed by atoms with Crippen LogP contribution in [0.25, 0.3) is 11.1 Å². The Hall–Kier alpha value is -3.31. The third-order valence-electron chi connectivity index (χ3n) is 4.41. The summed E-state index contributed by atoms with van der Waals surface area (Å²) in [5.41, 5.74) is 9.29. The summed E-state index contributed by atoms with van der Waals surface area (Å²) < 4.78 is 5.51. The lowest BCUT2D eigenvalue weighted by atomic mass is 10.00. The quantitative estimate of drug-likeness (QED) is 0.731. The largest absolute Gasteiger partial charge is 0.504 e. The van der Waals surface area contributed by atoms with E-state index in [1.807, 2.05) is 36.4 Å². The van der Waals surface area contributed by atoms with E-state index in [9.17, 15) is 15.0 Å². The lowest BCUT2D eigenvalue weighted by Gasteiger charge is -2.19. The van der Waals surface area contributed by atoms with Crippen molar-refractivity contribution in [2.45, 2.75) is 12.8 Å². The Kier molecular flexibility index (Phi) is 5.43. The molecule has 0 radical (unpaired) electrons. The molecule has 0 atom stereocenters. The van der Waals surface area contributed by atoms with Gasteiger partial charge in [0.05, 0.1) is 0 Å². The summed E-state index contributed by atoms with van der Waals surface area (Å²) in [7, 11) is 0. The van der Waals surface area contributed by atoms with Crippen LogP contribution in [-0.4, -0.2) is 22.7 Å². The minimum atomic E-state index is -0.443. The van der Waals surface area contributed by atoms with Gasteiger partial charge in [0.2, 0.25) is 5.91 Å². The van der Waals surface area contributed by atoms with E-state index >= 15 is 0 Å². The topological polar surface area (TPSA) is 92.8 Å². The molecule has 5 heteroatoms. The molecule has 1 aliphatic heterocycles. The molecule has 5 nitrogen and oxygen atoms in total. The molecule has 1 aliphatic rings. The first-order valence-electron chi connectivity index (χ1n) is 8.58. The normalized spacial score (nSPS) is 14.0. The van der Waals surface area contributed by atoms with E-state index in [0.717, 1.165) is 16.7 Å². The van der Waals surface area contributed by atoms with Gasteiger partial charge in [0.1, 0.15) is 18.1 Å². The van der Waals surface area contributed by atoms with Crippen LogP contribution in [0.5, 0.6) is 0 Å². The Balaban J connectivity index is 1.67. The van der Waals surface area contributed by atoms with E-state index < -0.39 is 5.91 Å². The first-order chi connectivity index (χ1) is 13.0. The summed E-state index contributed by atoms with van der Waals surface area (Å²) in [5.74, 6) is 0.375. The predicted molar refractivity (Wildman–Crippen MR) is 104 cm³/mol. The molecule has 2 aromatic carbocycles. The Bertz CT molecular complexity index is 922. The molecule has 0 aliphatic carbocycles. The second-order valence-electron chi connectivity index (χ2n) is 6.31. The van der Waals surface area contributed by atoms with E-state index in [2.05, 4.69) is 6.58 Å². The number of ether oxygens (including phenoxy) is 1. The Morgan fingerprint density at radius 2 is 1.59 bits per heavy atom. The fourth-order valence-corrected chi connectivity index (χ4v) is 2.87. The molecule has 0 aromatic heterocycles. The van der Waals surface area contributed by atoms with Crippen molar-refractivity contribution in [3.8, 4) is 11.1 Å². The molecule has 0 bridgehead atoms. The number of carbonyl (C=O) groups excluding carboxylic acids is 1. The van der Waals surface area contributed by atoms with Gasteiger partial charge in [-0.15, -0.1) is 0 Å². The number of allylic oxidation sites excluding steroid dienone is 2. The number of primary amides is 1. The number of hydrogen-bond donors (Lipinski definition) is 3. The molecule has 0 spiro atoms. The van der Waals surface area contributed by atoms with E-state index in [-0.39, 0.29) is 12.4 Å². The third-order valence-corrected chi connectivity index (χ3v) is 4.41. The average molecular weight is 363 g/mol. The number of hydrogen-bond acceptors (Lipinski definition) is 4. The number of aliphatic hydroxyl groups is 2. The minimum Gasteiger partial charge on any atom is -0.504 e. The summed E-state index contributed by atoms with van der Waals surface area (Å²) in [4.78, 5) is 11.1. The zero-order valence-corrected chi connectivity index (χ0v) is 14.8. The highest BCUT2D eigenvalue weighted by Crippen LogP contribution is 2.27. The number of aryl methyl sites for hydroxylation is 1. The molecule has 0 saturated heterocycles. The van der Waals surface area contributed by atoms with E-state index in [1.165, 1.54) is 6.08 Å². The van der Waals surface area contributed by atoms with Crippen molar-refractivity contribution in [2.75, 3.05) is 6.61 Å². The molecular weight excluding hydrogens is 342 g/mol. The lowest BCUT2D eigenvalue weighted by molar-refractivity contribution is 0.100. The number of carbonyl (C=O) groups is 1. The van der Waals surface area contributed by atoms with E-state index in [1.54, 1.807) is 12.1 Å². The zero-order valence-electron chi connectivity index (χ0n) is 14.8. The van der Waals surface area contributed by atoms with Crippen molar-refractivity contribution in [2.24, 2.45) is 5.73 Å². The molecule has 0 saturated carbocycles. The highest BCUT2D eigenvalue weighted by atomic mass is 16.5. The fraction of sp³-hybridized carbons (Fsp3) is 0.136. The van der Waals surface area contributed by atoms with Gasteiger partial charge in [-0.25, -0.2) is 0 Å². The van der Waals surface area contributed by atoms with Gasteiger partial charge in [-0.3, -0.25) is 4.79 Å². The van der Waals surface area contributed by atoms with Gasteiger partial charge in [0.15, 0.2) is 5.76 Å². The second-order valence-corrected chi connectivity index (χ2v) is 6.31. The lowest BCUT2D eigenvalue weighted by Crippen LogP contribution is -2.10. The molecule has 3 rings (SSSR count). The van der Waals surface area contributed by atoms with Crippen LogP contribution in [0.4, 0.5) is 0 Å². The van der Waals surface area contributed by atoms with Crippen molar-refractivity contribution < 1.29 is 19.7 Å². The van der Waals surface area contributed by atoms with Crippen LogP contribution in [0.15, 0.2) is 84.0 Å². The third kappa shape index (κ3) is 4.27. The SMILES string of the molecule is C=C1C=C(CO)OC(CCc2ccc(-c3ccc(C(N)=O)cc3)cc2)=C1O. The maximum Gasteiger partial charge on any atom is 0.248 e. The number of rotatable bonds is 6. The van der Waals surface area contributed by atoms with Crippen molar-refractivity contribution in [3.05, 3.63) is 95.2 Å². The van der Waals surface area contributed by atoms with Crippen LogP contribution in [0.3, 0.4) is 0 Å². The van der Waals surface area contributed by atoms with Crippen molar-refractivity contribution in [3.63, 3.8) is 0 Å². The smallest absolute Gasteiger partial charge is 0.248 e. The fourth-order valence-electron chi connectivity index (χ4n) is 2.87. The number of benzene rings is 2. The highest BCUT2D eigenvalue weighted by molar-refractivity contribution is 5.93. The molecule has 4 N–H and O–H groups in total. The highest BCUT2D eigenvalue weighted by Gasteiger charge is 2.17. The maximum atomic E-state index is 11.1. The molecular formula is C22H21NO4. The van der Waals surface area contributed by atoms with Crippen LogP contribution >= 0.6 is 0 Å². The van der Waals surface area contributed by atoms with Crippen molar-refractivity contribution >= 4 is 5.91 Å². The molecule has 0 unspecified atom stereocenters. The second kappa shape index (κ2) is 7.93. The first kappa shape index (κ1) is 18.5. The van der Waals surface area contributed by atoms with Gasteiger partial charge < -0.3 is 20.7 Å². The van der Waals surface area contributed by atoms with Gasteiger partial charge in [-0.2, -0.15) is 0 Å². The van der Waals surface area contributed by atoms with Crippen LogP contribution < -0.4 is 5.73 Å². The van der Waals surface area contributed by atoms with Gasteiger partial charge in [-0.05, 0) is 41.3 Å². The molecule has 1 amide bonds. The average Bonchev–Trinajstić information content (AvgIpc) is 2.69. The molecule has 2 aromatic rings. The van der Waals surface area contributed by atoms with E-state index in [0.29, 0.717) is 35.5 Å². The number of amides is 1. The zero-order chi connectivity index (χ0) is 19.4. The molecule has 0 fully saturated rings. The first-order valence-corrected chi connectivity index (χ1v) is 8.58. The van der Waals surface area contributed by atoms with Crippen molar-refractivity contribution in [1.82, 2.24) is 0 Å². The maximum absolute atomic E-state index is 11.1. The summed E-state index contributed by atoms with van der Waals surface area (Å²) in [6.45, 7) is 3.52. The molecule has 1 heterocycles. The van der Waals surface area contributed by atoms with Gasteiger partial charge in [0, 0.05) is 17.6 Å².